The second-order valence-corrected chi connectivity index (χ2v) is 4.50. The summed E-state index contributed by atoms with van der Waals surface area (Å²) in [5.74, 6) is -1.04. The highest BCUT2D eigenvalue weighted by molar-refractivity contribution is 7.14. The summed E-state index contributed by atoms with van der Waals surface area (Å²) in [6, 6.07) is 1.23. The topological polar surface area (TPSA) is 78.4 Å². The highest BCUT2D eigenvalue weighted by Crippen LogP contribution is 2.22. The van der Waals surface area contributed by atoms with Crippen molar-refractivity contribution >= 4 is 28.3 Å². The molecule has 0 saturated heterocycles. The van der Waals surface area contributed by atoms with E-state index < -0.39 is 5.97 Å². The monoisotopic (exact) mass is 256 g/mol. The molecule has 0 bridgehead atoms. The molecule has 0 radical (unpaired) electrons. The highest BCUT2D eigenvalue weighted by atomic mass is 32.1. The molecular formula is C11H16N2O3S. The van der Waals surface area contributed by atoms with Crippen LogP contribution in [-0.2, 0) is 0 Å². The van der Waals surface area contributed by atoms with Crippen molar-refractivity contribution in [1.29, 1.82) is 0 Å². The van der Waals surface area contributed by atoms with Gasteiger partial charge in [-0.05, 0) is 24.3 Å². The molecule has 3 N–H and O–H groups in total. The molecule has 0 aliphatic carbocycles. The Labute approximate surface area is 104 Å². The van der Waals surface area contributed by atoms with Crippen LogP contribution in [0, 0.1) is 0 Å². The van der Waals surface area contributed by atoms with Crippen LogP contribution in [0.3, 0.4) is 0 Å². The molecule has 5 nitrogen and oxygen atoms in total. The number of carbonyl (C=O) groups is 2. The molecular weight excluding hydrogens is 240 g/mol. The van der Waals surface area contributed by atoms with Gasteiger partial charge in [0.15, 0.2) is 0 Å². The molecule has 0 aliphatic heterocycles. The van der Waals surface area contributed by atoms with Gasteiger partial charge in [0, 0.05) is 6.04 Å². The molecule has 6 heteroatoms. The lowest BCUT2D eigenvalue weighted by molar-refractivity contribution is 0.0698. The number of nitrogens with one attached hydrogen (secondary N) is 2. The van der Waals surface area contributed by atoms with E-state index in [2.05, 4.69) is 10.6 Å². The summed E-state index contributed by atoms with van der Waals surface area (Å²) in [5.41, 5.74) is 0.120. The average Bonchev–Trinajstić information content (AvgIpc) is 2.74. The van der Waals surface area contributed by atoms with E-state index in [-0.39, 0.29) is 17.6 Å². The Morgan fingerprint density at radius 2 is 2.06 bits per heavy atom. The van der Waals surface area contributed by atoms with E-state index in [1.165, 1.54) is 17.4 Å². The summed E-state index contributed by atoms with van der Waals surface area (Å²) < 4.78 is 0. The van der Waals surface area contributed by atoms with Crippen LogP contribution in [0.1, 0.15) is 37.0 Å². The molecule has 1 aromatic heterocycles. The molecule has 0 aliphatic rings. The molecule has 0 saturated carbocycles. The first-order chi connectivity index (χ1) is 8.08. The summed E-state index contributed by atoms with van der Waals surface area (Å²) in [4.78, 5) is 22.4. The quantitative estimate of drug-likeness (QED) is 0.758. The zero-order valence-electron chi connectivity index (χ0n) is 9.82. The Morgan fingerprint density at radius 1 is 1.41 bits per heavy atom. The predicted octanol–water partition coefficient (Wildman–Crippen LogP) is 2.76. The van der Waals surface area contributed by atoms with Gasteiger partial charge in [0.2, 0.25) is 0 Å². The van der Waals surface area contributed by atoms with Crippen LogP contribution in [0.2, 0.25) is 0 Å². The van der Waals surface area contributed by atoms with E-state index in [9.17, 15) is 9.59 Å². The Hall–Kier alpha value is -1.56. The first-order valence-corrected chi connectivity index (χ1v) is 6.34. The predicted molar refractivity (Wildman–Crippen MR) is 67.8 cm³/mol. The number of hydrogen-bond acceptors (Lipinski definition) is 3. The van der Waals surface area contributed by atoms with Gasteiger partial charge in [0.05, 0.1) is 5.56 Å². The fourth-order valence-electron chi connectivity index (χ4n) is 1.39. The van der Waals surface area contributed by atoms with Crippen LogP contribution in [0.25, 0.3) is 0 Å². The Balaban J connectivity index is 2.62. The van der Waals surface area contributed by atoms with Gasteiger partial charge in [-0.15, -0.1) is 11.3 Å². The van der Waals surface area contributed by atoms with Gasteiger partial charge in [0.25, 0.3) is 0 Å². The summed E-state index contributed by atoms with van der Waals surface area (Å²) in [5, 5.41) is 16.2. The van der Waals surface area contributed by atoms with Gasteiger partial charge in [-0.3, -0.25) is 5.32 Å². The molecule has 1 aromatic rings. The van der Waals surface area contributed by atoms with Gasteiger partial charge < -0.3 is 10.4 Å². The van der Waals surface area contributed by atoms with Gasteiger partial charge >= 0.3 is 12.0 Å². The zero-order chi connectivity index (χ0) is 12.8. The minimum atomic E-state index is -1.04. The van der Waals surface area contributed by atoms with Gasteiger partial charge in [-0.2, -0.15) is 0 Å². The number of amides is 2. The third-order valence-electron chi connectivity index (χ3n) is 2.44. The molecule has 1 heterocycles. The van der Waals surface area contributed by atoms with Crippen molar-refractivity contribution in [2.45, 2.75) is 32.7 Å². The maximum Gasteiger partial charge on any atom is 0.338 e. The van der Waals surface area contributed by atoms with Gasteiger partial charge in [0.1, 0.15) is 5.00 Å². The lowest BCUT2D eigenvalue weighted by Gasteiger charge is -2.14. The number of carbonyl (C=O) groups excluding carboxylic acids is 1. The average molecular weight is 256 g/mol. The molecule has 0 atom stereocenters. The van der Waals surface area contributed by atoms with Crippen molar-refractivity contribution in [3.05, 3.63) is 17.0 Å². The smallest absolute Gasteiger partial charge is 0.338 e. The van der Waals surface area contributed by atoms with Crippen molar-refractivity contribution in [2.24, 2.45) is 0 Å². The fourth-order valence-corrected chi connectivity index (χ4v) is 2.17. The minimum absolute atomic E-state index is 0.114. The van der Waals surface area contributed by atoms with Crippen molar-refractivity contribution in [3.8, 4) is 0 Å². The summed E-state index contributed by atoms with van der Waals surface area (Å²) >= 11 is 1.20. The molecule has 2 amide bonds. The fraction of sp³-hybridized carbons (Fsp3) is 0.455. The number of thiophene rings is 1. The molecule has 0 unspecified atom stereocenters. The third kappa shape index (κ3) is 3.74. The summed E-state index contributed by atoms with van der Waals surface area (Å²) in [6.07, 6.45) is 1.69. The highest BCUT2D eigenvalue weighted by Gasteiger charge is 2.14. The number of aromatic carboxylic acids is 1. The Bertz CT molecular complexity index is 399. The number of anilines is 1. The van der Waals surface area contributed by atoms with Crippen LogP contribution >= 0.6 is 11.3 Å². The molecule has 94 valence electrons. The first kappa shape index (κ1) is 13.5. The summed E-state index contributed by atoms with van der Waals surface area (Å²) in [7, 11) is 0. The van der Waals surface area contributed by atoms with Gasteiger partial charge in [-0.25, -0.2) is 9.59 Å². The zero-order valence-corrected chi connectivity index (χ0v) is 10.6. The first-order valence-electron chi connectivity index (χ1n) is 5.46. The van der Waals surface area contributed by atoms with E-state index in [1.807, 2.05) is 13.8 Å². The van der Waals surface area contributed by atoms with Crippen LogP contribution in [0.5, 0.6) is 0 Å². The second-order valence-electron chi connectivity index (χ2n) is 3.58. The molecule has 0 aromatic carbocycles. The van der Waals surface area contributed by atoms with Crippen LogP contribution < -0.4 is 10.6 Å². The minimum Gasteiger partial charge on any atom is -0.478 e. The van der Waals surface area contributed by atoms with E-state index in [1.54, 1.807) is 5.38 Å². The number of carboxylic acid groups (broad SMARTS) is 1. The maximum absolute atomic E-state index is 11.6. The molecule has 1 rings (SSSR count). The normalized spacial score (nSPS) is 10.3. The van der Waals surface area contributed by atoms with Crippen molar-refractivity contribution in [2.75, 3.05) is 5.32 Å². The Kier molecular flexibility index (Phi) is 4.96. The number of rotatable bonds is 5. The lowest BCUT2D eigenvalue weighted by atomic mass is 10.2. The maximum atomic E-state index is 11.6. The SMILES string of the molecule is CCC(CC)NC(=O)Nc1sccc1C(=O)O. The van der Waals surface area contributed by atoms with Crippen molar-refractivity contribution in [3.63, 3.8) is 0 Å². The second kappa shape index (κ2) is 6.24. The summed E-state index contributed by atoms with van der Waals surface area (Å²) in [6.45, 7) is 3.98. The molecule has 17 heavy (non-hydrogen) atoms. The van der Waals surface area contributed by atoms with Crippen LogP contribution in [0.15, 0.2) is 11.4 Å². The van der Waals surface area contributed by atoms with E-state index in [0.29, 0.717) is 5.00 Å². The van der Waals surface area contributed by atoms with E-state index >= 15 is 0 Å². The number of urea groups is 1. The van der Waals surface area contributed by atoms with E-state index in [4.69, 9.17) is 5.11 Å². The third-order valence-corrected chi connectivity index (χ3v) is 3.27. The van der Waals surface area contributed by atoms with Gasteiger partial charge in [-0.1, -0.05) is 13.8 Å². The van der Waals surface area contributed by atoms with Crippen LogP contribution in [-0.4, -0.2) is 23.1 Å². The van der Waals surface area contributed by atoms with Crippen molar-refractivity contribution < 1.29 is 14.7 Å². The number of hydrogen-bond donors (Lipinski definition) is 3. The largest absolute Gasteiger partial charge is 0.478 e. The standard InChI is InChI=1S/C11H16N2O3S/c1-3-7(4-2)12-11(16)13-9-8(10(14)15)5-6-17-9/h5-7H,3-4H2,1-2H3,(H,14,15)(H2,12,13,16). The number of carboxylic acids is 1. The van der Waals surface area contributed by atoms with Crippen LogP contribution in [0.4, 0.5) is 9.80 Å². The van der Waals surface area contributed by atoms with Crippen molar-refractivity contribution in [1.82, 2.24) is 5.32 Å². The lowest BCUT2D eigenvalue weighted by Crippen LogP contribution is -2.37. The molecule has 0 fully saturated rings. The molecule has 0 spiro atoms. The van der Waals surface area contributed by atoms with E-state index in [0.717, 1.165) is 12.8 Å². The Morgan fingerprint density at radius 3 is 2.59 bits per heavy atom.